The number of ether oxygens (including phenoxy) is 2. The number of nitrogens with one attached hydrogen (secondary N) is 7. The first-order valence-electron chi connectivity index (χ1n) is 43.9. The molecule has 16 aromatic rings. The Hall–Kier alpha value is -12.4. The van der Waals surface area contributed by atoms with Crippen LogP contribution in [0.2, 0.25) is 0 Å². The molecule has 12 aromatic heterocycles. The number of nitrogens with zero attached hydrogens (tertiary/aromatic N) is 12. The summed E-state index contributed by atoms with van der Waals surface area (Å²) in [6.07, 6.45) is 30.5. The van der Waals surface area contributed by atoms with Crippen molar-refractivity contribution in [3.05, 3.63) is 158 Å². The van der Waals surface area contributed by atoms with Crippen molar-refractivity contribution in [2.45, 2.75) is 173 Å². The largest absolute Gasteiger partial charge is 0.446 e. The molecule has 0 bridgehead atoms. The van der Waals surface area contributed by atoms with E-state index in [4.69, 9.17) is 9.47 Å². The lowest BCUT2D eigenvalue weighted by Gasteiger charge is -2.23. The number of aromatic nitrogens is 12. The van der Waals surface area contributed by atoms with Crippen LogP contribution in [0, 0.1) is 17.8 Å². The molecule has 1 saturated heterocycles. The average molecular weight is 1840 g/mol. The van der Waals surface area contributed by atoms with Gasteiger partial charge in [-0.15, -0.1) is 0 Å². The fraction of sp³-hybridized carbons (Fsp3) is 0.340. The first-order valence-corrected chi connectivity index (χ1v) is 48.7. The predicted molar refractivity (Wildman–Crippen MR) is 510 cm³/mol. The SMILES string of the molecule is CC(=O)Nc1nc2ccc(-c3cnc4snc(C(=O)NC5CCCCC5)c4c3)cc2s1.CCC(CC)OC(=O)n1ccc2ncc(-c3ccc4nc(NC(=O)C5CC5)sc4c3)cc21.O=C(NC1CCCCC1)c1nsc2ncc(-c3ccc4nc(NC(=O)C5CC5)sc4c3)cc12.O=C(Nc1nc2ccc(-c3cnc4ccn(C(=O)NC5CCOCC5)c4c3)cc2s1)C1CC1. The lowest BCUT2D eigenvalue weighted by molar-refractivity contribution is -0.118. The second kappa shape index (κ2) is 38.1. The summed E-state index contributed by atoms with van der Waals surface area (Å²) in [6.45, 7) is 6.83. The van der Waals surface area contributed by atoms with Gasteiger partial charge in [-0.2, -0.15) is 8.75 Å². The van der Waals surface area contributed by atoms with Crippen LogP contribution in [-0.4, -0.2) is 143 Å². The van der Waals surface area contributed by atoms with Crippen LogP contribution in [0.4, 0.5) is 30.1 Å². The van der Waals surface area contributed by atoms with Crippen LogP contribution in [0.5, 0.6) is 0 Å². The number of hydrogen-bond donors (Lipinski definition) is 7. The van der Waals surface area contributed by atoms with Gasteiger partial charge in [-0.1, -0.05) is 122 Å². The Balaban J connectivity index is 0.000000112. The van der Waals surface area contributed by atoms with E-state index in [1.54, 1.807) is 29.4 Å². The van der Waals surface area contributed by atoms with E-state index in [0.717, 1.165) is 225 Å². The summed E-state index contributed by atoms with van der Waals surface area (Å²) in [5, 5.41) is 25.0. The summed E-state index contributed by atoms with van der Waals surface area (Å²) in [5.74, 6) is 0.244. The van der Waals surface area contributed by atoms with Crippen molar-refractivity contribution in [3.8, 4) is 44.5 Å². The molecule has 7 amide bonds. The molecule has 5 saturated carbocycles. The summed E-state index contributed by atoms with van der Waals surface area (Å²) < 4.78 is 26.9. The van der Waals surface area contributed by atoms with Crippen LogP contribution in [0.25, 0.3) is 128 Å². The first kappa shape index (κ1) is 86.0. The second-order valence-corrected chi connectivity index (χ2v) is 39.0. The van der Waals surface area contributed by atoms with E-state index >= 15 is 0 Å². The number of carbonyl (C=O) groups excluding carboxylic acids is 8. The smallest absolute Gasteiger partial charge is 0.418 e. The van der Waals surface area contributed by atoms with E-state index in [1.165, 1.54) is 106 Å². The van der Waals surface area contributed by atoms with Crippen molar-refractivity contribution in [2.24, 2.45) is 17.8 Å². The number of hydrogen-bond acceptors (Lipinski definition) is 26. The van der Waals surface area contributed by atoms with Crippen LogP contribution in [0.3, 0.4) is 0 Å². The summed E-state index contributed by atoms with van der Waals surface area (Å²) in [6, 6.07) is 36.0. The molecule has 35 heteroatoms. The summed E-state index contributed by atoms with van der Waals surface area (Å²) in [5.41, 5.74) is 14.8. The Morgan fingerprint density at radius 1 is 0.403 bits per heavy atom. The lowest BCUT2D eigenvalue weighted by atomic mass is 9.95. The van der Waals surface area contributed by atoms with Crippen molar-refractivity contribution in [1.82, 2.24) is 73.7 Å². The third-order valence-electron chi connectivity index (χ3n) is 23.9. The molecular weight excluding hydrogens is 1750 g/mol. The number of thiazole rings is 4. The summed E-state index contributed by atoms with van der Waals surface area (Å²) in [4.78, 5) is 137. The van der Waals surface area contributed by atoms with Gasteiger partial charge in [0.1, 0.15) is 15.8 Å². The van der Waals surface area contributed by atoms with E-state index in [9.17, 15) is 38.4 Å². The van der Waals surface area contributed by atoms with Crippen molar-refractivity contribution in [1.29, 1.82) is 0 Å². The number of benzene rings is 4. The summed E-state index contributed by atoms with van der Waals surface area (Å²) in [7, 11) is 0. The van der Waals surface area contributed by atoms with Gasteiger partial charge in [0.05, 0.1) is 62.9 Å². The first-order chi connectivity index (χ1) is 62.9. The molecule has 0 unspecified atom stereocenters. The number of fused-ring (bicyclic) bond motifs is 8. The molecule has 4 aromatic carbocycles. The highest BCUT2D eigenvalue weighted by Crippen LogP contribution is 2.41. The zero-order valence-corrected chi connectivity index (χ0v) is 75.8. The molecule has 0 atom stereocenters. The van der Waals surface area contributed by atoms with Gasteiger partial charge in [-0.05, 0) is 220 Å². The molecule has 658 valence electrons. The molecule has 5 aliphatic carbocycles. The number of rotatable bonds is 19. The molecule has 0 spiro atoms. The minimum atomic E-state index is -0.387. The molecule has 6 aliphatic rings. The molecule has 22 rings (SSSR count). The van der Waals surface area contributed by atoms with Gasteiger partial charge in [-0.3, -0.25) is 47.9 Å². The Kier molecular flexibility index (Phi) is 25.4. The van der Waals surface area contributed by atoms with Gasteiger partial charge in [0.15, 0.2) is 31.9 Å². The van der Waals surface area contributed by atoms with E-state index < -0.39 is 0 Å². The molecule has 29 nitrogen and oxygen atoms in total. The van der Waals surface area contributed by atoms with Gasteiger partial charge in [0, 0.05) is 126 Å². The van der Waals surface area contributed by atoms with Crippen LogP contribution >= 0.6 is 68.4 Å². The minimum absolute atomic E-state index is 0.0555. The zero-order chi connectivity index (χ0) is 88.3. The fourth-order valence-electron chi connectivity index (χ4n) is 16.2. The fourth-order valence-corrected chi connectivity index (χ4v) is 21.3. The van der Waals surface area contributed by atoms with Gasteiger partial charge in [0.25, 0.3) is 11.8 Å². The predicted octanol–water partition coefficient (Wildman–Crippen LogP) is 20.6. The van der Waals surface area contributed by atoms with E-state index in [0.29, 0.717) is 50.6 Å². The number of amides is 7. The van der Waals surface area contributed by atoms with Gasteiger partial charge in [-0.25, -0.2) is 39.5 Å². The molecule has 129 heavy (non-hydrogen) atoms. The van der Waals surface area contributed by atoms with Crippen LogP contribution < -0.4 is 37.2 Å². The topological polar surface area (TPSA) is 378 Å². The third kappa shape index (κ3) is 20.1. The molecular formula is C94H91N19O10S6. The molecule has 0 radical (unpaired) electrons. The minimum Gasteiger partial charge on any atom is -0.446 e. The summed E-state index contributed by atoms with van der Waals surface area (Å²) >= 11 is 8.34. The van der Waals surface area contributed by atoms with Crippen molar-refractivity contribution < 1.29 is 47.8 Å². The monoisotopic (exact) mass is 1840 g/mol. The Bertz CT molecular complexity index is 6780. The van der Waals surface area contributed by atoms with Crippen LogP contribution in [0.1, 0.15) is 170 Å². The third-order valence-corrected chi connectivity index (χ3v) is 29.2. The highest BCUT2D eigenvalue weighted by Gasteiger charge is 2.34. The van der Waals surface area contributed by atoms with Gasteiger partial charge >= 0.3 is 12.1 Å². The van der Waals surface area contributed by atoms with Crippen molar-refractivity contribution in [3.63, 3.8) is 0 Å². The number of anilines is 4. The maximum Gasteiger partial charge on any atom is 0.418 e. The van der Waals surface area contributed by atoms with Crippen molar-refractivity contribution >= 4 is 220 Å². The zero-order valence-electron chi connectivity index (χ0n) is 70.9. The van der Waals surface area contributed by atoms with Crippen molar-refractivity contribution in [2.75, 3.05) is 34.5 Å². The van der Waals surface area contributed by atoms with Gasteiger partial charge < -0.3 is 46.7 Å². The van der Waals surface area contributed by atoms with E-state index in [2.05, 4.69) is 98.0 Å². The normalized spacial score (nSPS) is 15.6. The Morgan fingerprint density at radius 3 is 1.16 bits per heavy atom. The standard InChI is InChI=1S/C24H23N5O3S.C24H23N5O2S2.C24H24N4O3S.C22H21N5O2S2/c30-22(14-1-2-14)28-23-27-19-4-3-15(12-21(19)33-23)16-11-20-18(25-13-16)5-8-29(20)24(31)26-17-6-9-32-10-7-17;30-21(13-6-7-13)28-24-27-18-9-8-14(11-19(18)32-24)15-10-17-20(29-33-23(17)25-12-15)22(31)26-16-4-2-1-3-5-16;1-3-17(4-2)31-24(30)28-10-9-18-20(28)11-16(13-25-18)15-7-8-19-21(12-15)32-23(26-19)27-22(29)14-5-6-14;1-12(28)24-22-26-17-8-7-13(10-18(17)30-22)14-9-16-19(27-31-21(16)23-11-14)20(29)25-15-5-3-2-4-6-15/h3-5,8,11-14,17H,1-2,6-7,9-10H2,(H,26,31)(H,27,28,30);8-13,16H,1-7H2,(H,26,31)(H,27,28,30);7-14,17H,3-6H2,1-2H3,(H,26,27,29);7-11,15H,2-6H2,1H3,(H,25,29)(H,24,26,28). The Morgan fingerprint density at radius 2 is 0.767 bits per heavy atom. The lowest BCUT2D eigenvalue weighted by Crippen LogP contribution is -2.40. The quantitative estimate of drug-likeness (QED) is 0.0395. The molecule has 1 aliphatic heterocycles. The van der Waals surface area contributed by atoms with Crippen LogP contribution in [0.15, 0.2) is 146 Å². The van der Waals surface area contributed by atoms with Crippen LogP contribution in [-0.2, 0) is 28.7 Å². The Labute approximate surface area is 763 Å². The van der Waals surface area contributed by atoms with E-state index in [-0.39, 0.29) is 89.6 Å². The van der Waals surface area contributed by atoms with Gasteiger partial charge in [0.2, 0.25) is 23.6 Å². The number of carbonyl (C=O) groups is 8. The maximum atomic E-state index is 12.9. The highest BCUT2D eigenvalue weighted by molar-refractivity contribution is 7.23. The molecule has 6 fully saturated rings. The number of pyridine rings is 4. The second-order valence-electron chi connectivity index (χ2n) is 33.4. The van der Waals surface area contributed by atoms with E-state index in [1.807, 2.05) is 123 Å². The molecule has 13 heterocycles. The maximum absolute atomic E-state index is 12.9. The highest BCUT2D eigenvalue weighted by atomic mass is 32.1. The molecule has 7 N–H and O–H groups in total. The average Bonchev–Trinajstić information content (AvgIpc) is 1.65.